The molecule has 0 unspecified atom stereocenters. The van der Waals surface area contributed by atoms with Crippen molar-refractivity contribution >= 4 is 0 Å². The molecule has 0 fully saturated rings. The highest BCUT2D eigenvalue weighted by molar-refractivity contribution is 4.69. The van der Waals surface area contributed by atoms with Crippen molar-refractivity contribution in [2.24, 2.45) is 0 Å². The van der Waals surface area contributed by atoms with Gasteiger partial charge in [-0.2, -0.15) is 0 Å². The fourth-order valence-corrected chi connectivity index (χ4v) is 0.109. The lowest BCUT2D eigenvalue weighted by atomic mass is 10.3. The highest BCUT2D eigenvalue weighted by atomic mass is 19.3. The van der Waals surface area contributed by atoms with Gasteiger partial charge in [-0.25, -0.2) is 17.6 Å². The molecule has 0 aliphatic heterocycles. The minimum absolute atomic E-state index is 1.05. The Morgan fingerprint density at radius 1 is 1.38 bits per heavy atom. The maximum atomic E-state index is 11.5. The van der Waals surface area contributed by atoms with Crippen LogP contribution >= 0.6 is 0 Å². The van der Waals surface area contributed by atoms with Crippen LogP contribution < -0.4 is 0 Å². The second kappa shape index (κ2) is 2.33. The van der Waals surface area contributed by atoms with Crippen LogP contribution in [-0.4, -0.2) is 12.3 Å². The quantitative estimate of drug-likeness (QED) is 0.501. The SMILES string of the molecule is [CH2]CC(F)(F)C(F)F. The van der Waals surface area contributed by atoms with Crippen molar-refractivity contribution in [3.63, 3.8) is 0 Å². The topological polar surface area (TPSA) is 0 Å². The third-order valence-corrected chi connectivity index (χ3v) is 0.653. The van der Waals surface area contributed by atoms with Crippen molar-refractivity contribution in [3.05, 3.63) is 6.92 Å². The molecule has 0 heterocycles. The van der Waals surface area contributed by atoms with Gasteiger partial charge in [0.1, 0.15) is 0 Å². The van der Waals surface area contributed by atoms with E-state index in [0.29, 0.717) is 0 Å². The molecule has 0 saturated carbocycles. The minimum Gasteiger partial charge on any atom is -0.204 e. The molecule has 0 amide bonds. The molecule has 0 nitrogen and oxygen atoms in total. The molecule has 0 aromatic rings. The van der Waals surface area contributed by atoms with E-state index < -0.39 is 18.8 Å². The number of halogens is 4. The lowest BCUT2D eigenvalue weighted by Crippen LogP contribution is -2.24. The summed E-state index contributed by atoms with van der Waals surface area (Å²) in [5.41, 5.74) is 0. The van der Waals surface area contributed by atoms with Crippen molar-refractivity contribution in [3.8, 4) is 0 Å². The zero-order valence-electron chi connectivity index (χ0n) is 4.00. The monoisotopic (exact) mass is 129 g/mol. The van der Waals surface area contributed by atoms with E-state index >= 15 is 0 Å². The summed E-state index contributed by atoms with van der Waals surface area (Å²) in [6.45, 7) is 2.65. The largest absolute Gasteiger partial charge is 0.307 e. The second-order valence-corrected chi connectivity index (χ2v) is 1.31. The van der Waals surface area contributed by atoms with E-state index in [1.807, 2.05) is 0 Å². The Labute approximate surface area is 44.5 Å². The maximum Gasteiger partial charge on any atom is 0.307 e. The molecule has 0 N–H and O–H groups in total. The predicted octanol–water partition coefficient (Wildman–Crippen LogP) is 2.11. The average Bonchev–Trinajstić information content (AvgIpc) is 1.67. The smallest absolute Gasteiger partial charge is 0.204 e. The van der Waals surface area contributed by atoms with E-state index in [2.05, 4.69) is 6.92 Å². The summed E-state index contributed by atoms with van der Waals surface area (Å²) >= 11 is 0. The molecule has 49 valence electrons. The molecular weight excluding hydrogens is 124 g/mol. The van der Waals surface area contributed by atoms with Gasteiger partial charge in [0, 0.05) is 6.42 Å². The first-order valence-corrected chi connectivity index (χ1v) is 1.96. The second-order valence-electron chi connectivity index (χ2n) is 1.31. The number of rotatable bonds is 2. The number of hydrogen-bond donors (Lipinski definition) is 0. The number of hydrogen-bond acceptors (Lipinski definition) is 0. The predicted molar refractivity (Wildman–Crippen MR) is 20.9 cm³/mol. The van der Waals surface area contributed by atoms with Crippen molar-refractivity contribution in [1.29, 1.82) is 0 Å². The highest BCUT2D eigenvalue weighted by Gasteiger charge is 2.38. The fraction of sp³-hybridized carbons (Fsp3) is 0.750. The van der Waals surface area contributed by atoms with Crippen LogP contribution in [0.2, 0.25) is 0 Å². The van der Waals surface area contributed by atoms with Gasteiger partial charge in [-0.15, -0.1) is 0 Å². The van der Waals surface area contributed by atoms with Crippen LogP contribution in [0.25, 0.3) is 0 Å². The molecule has 0 aromatic carbocycles. The van der Waals surface area contributed by atoms with E-state index in [4.69, 9.17) is 0 Å². The Hall–Kier alpha value is -0.280. The van der Waals surface area contributed by atoms with Gasteiger partial charge in [-0.3, -0.25) is 0 Å². The van der Waals surface area contributed by atoms with E-state index in [0.717, 1.165) is 0 Å². The molecule has 1 radical (unpaired) electrons. The zero-order chi connectivity index (χ0) is 6.78. The minimum atomic E-state index is -3.90. The van der Waals surface area contributed by atoms with Crippen LogP contribution in [0.5, 0.6) is 0 Å². The van der Waals surface area contributed by atoms with Crippen LogP contribution in [0.3, 0.4) is 0 Å². The Kier molecular flexibility index (Phi) is 2.25. The van der Waals surface area contributed by atoms with Crippen LogP contribution in [-0.2, 0) is 0 Å². The van der Waals surface area contributed by atoms with Crippen LogP contribution in [0.15, 0.2) is 0 Å². The normalized spacial score (nSPS) is 12.8. The zero-order valence-corrected chi connectivity index (χ0v) is 4.00. The Bertz CT molecular complexity index is 68.4. The Morgan fingerprint density at radius 3 is 1.75 bits per heavy atom. The first-order valence-electron chi connectivity index (χ1n) is 1.96. The van der Waals surface area contributed by atoms with Crippen molar-refractivity contribution in [1.82, 2.24) is 0 Å². The van der Waals surface area contributed by atoms with Gasteiger partial charge >= 0.3 is 12.3 Å². The van der Waals surface area contributed by atoms with Gasteiger partial charge in [0.05, 0.1) is 0 Å². The van der Waals surface area contributed by atoms with Gasteiger partial charge in [0.25, 0.3) is 0 Å². The summed E-state index contributed by atoms with van der Waals surface area (Å²) < 4.78 is 45.0. The maximum absolute atomic E-state index is 11.5. The Morgan fingerprint density at radius 2 is 1.75 bits per heavy atom. The first-order chi connectivity index (χ1) is 3.50. The molecule has 0 aromatic heterocycles. The molecular formula is C4H5F4. The van der Waals surface area contributed by atoms with Gasteiger partial charge in [-0.05, 0) is 6.92 Å². The van der Waals surface area contributed by atoms with Crippen LogP contribution in [0.4, 0.5) is 17.6 Å². The third-order valence-electron chi connectivity index (χ3n) is 0.653. The van der Waals surface area contributed by atoms with E-state index in [1.54, 1.807) is 0 Å². The molecule has 0 aliphatic carbocycles. The lowest BCUT2D eigenvalue weighted by Gasteiger charge is -2.10. The summed E-state index contributed by atoms with van der Waals surface area (Å²) in [6, 6.07) is 0. The van der Waals surface area contributed by atoms with Gasteiger partial charge in [0.2, 0.25) is 0 Å². The summed E-state index contributed by atoms with van der Waals surface area (Å²) in [4.78, 5) is 0. The van der Waals surface area contributed by atoms with E-state index in [9.17, 15) is 17.6 Å². The lowest BCUT2D eigenvalue weighted by molar-refractivity contribution is -0.125. The van der Waals surface area contributed by atoms with Crippen molar-refractivity contribution < 1.29 is 17.6 Å². The molecule has 0 atom stereocenters. The summed E-state index contributed by atoms with van der Waals surface area (Å²) in [6.07, 6.45) is -4.63. The molecule has 0 rings (SSSR count). The Balaban J connectivity index is 3.71. The standard InChI is InChI=1S/C4H5F4/c1-2-4(7,8)3(5)6/h3H,1-2H2. The van der Waals surface area contributed by atoms with Crippen LogP contribution in [0.1, 0.15) is 6.42 Å². The summed E-state index contributed by atoms with van der Waals surface area (Å²) in [5.74, 6) is -3.90. The van der Waals surface area contributed by atoms with Crippen molar-refractivity contribution in [2.75, 3.05) is 0 Å². The summed E-state index contributed by atoms with van der Waals surface area (Å²) in [7, 11) is 0. The molecule has 0 bridgehead atoms. The van der Waals surface area contributed by atoms with Gasteiger partial charge in [-0.1, -0.05) is 0 Å². The van der Waals surface area contributed by atoms with Gasteiger partial charge < -0.3 is 0 Å². The fourth-order valence-electron chi connectivity index (χ4n) is 0.109. The third kappa shape index (κ3) is 1.68. The molecule has 0 spiro atoms. The molecule has 0 aliphatic rings. The van der Waals surface area contributed by atoms with Crippen LogP contribution in [0, 0.1) is 6.92 Å². The molecule has 4 heteroatoms. The highest BCUT2D eigenvalue weighted by Crippen LogP contribution is 2.25. The van der Waals surface area contributed by atoms with E-state index in [1.165, 1.54) is 0 Å². The van der Waals surface area contributed by atoms with E-state index in [-0.39, 0.29) is 0 Å². The van der Waals surface area contributed by atoms with Crippen molar-refractivity contribution in [2.45, 2.75) is 18.8 Å². The first kappa shape index (κ1) is 7.72. The average molecular weight is 129 g/mol. The van der Waals surface area contributed by atoms with Gasteiger partial charge in [0.15, 0.2) is 0 Å². The summed E-state index contributed by atoms with van der Waals surface area (Å²) in [5, 5.41) is 0. The molecule has 8 heavy (non-hydrogen) atoms. The number of alkyl halides is 4. The molecule has 0 saturated heterocycles.